The molecule has 0 spiro atoms. The minimum atomic E-state index is -0.870. The Hall–Kier alpha value is -1.69. The van der Waals surface area contributed by atoms with Crippen LogP contribution in [0.5, 0.6) is 5.75 Å². The number of aliphatic hydroxyl groups excluding tert-OH is 1. The van der Waals surface area contributed by atoms with Gasteiger partial charge in [0.25, 0.3) is 0 Å². The summed E-state index contributed by atoms with van der Waals surface area (Å²) in [5.74, 6) is -1.70. The number of benzene rings is 1. The van der Waals surface area contributed by atoms with Crippen LogP contribution >= 0.6 is 0 Å². The fourth-order valence-corrected chi connectivity index (χ4v) is 0.897. The Balaban J connectivity index is 3.35. The van der Waals surface area contributed by atoms with Gasteiger partial charge >= 0.3 is 5.69 Å². The highest BCUT2D eigenvalue weighted by Gasteiger charge is 2.19. The number of halogens is 1. The van der Waals surface area contributed by atoms with Crippen molar-refractivity contribution in [3.63, 3.8) is 0 Å². The van der Waals surface area contributed by atoms with E-state index in [1.54, 1.807) is 0 Å². The highest BCUT2D eigenvalue weighted by molar-refractivity contribution is 5.50. The summed E-state index contributed by atoms with van der Waals surface area (Å²) in [6, 6.07) is 1.66. The fraction of sp³-hybridized carbons (Fsp3) is 0.143. The normalized spacial score (nSPS) is 10.0. The summed E-state index contributed by atoms with van der Waals surface area (Å²) < 4.78 is 12.8. The van der Waals surface area contributed by atoms with E-state index in [0.29, 0.717) is 0 Å². The molecule has 70 valence electrons. The minimum Gasteiger partial charge on any atom is -0.502 e. The Labute approximate surface area is 72.2 Å². The van der Waals surface area contributed by atoms with Crippen molar-refractivity contribution >= 4 is 5.69 Å². The maximum Gasteiger partial charge on any atom is 0.311 e. The second kappa shape index (κ2) is 3.36. The number of aromatic hydroxyl groups is 1. The van der Waals surface area contributed by atoms with Gasteiger partial charge < -0.3 is 10.2 Å². The fourth-order valence-electron chi connectivity index (χ4n) is 0.897. The van der Waals surface area contributed by atoms with E-state index in [1.165, 1.54) is 0 Å². The Morgan fingerprint density at radius 3 is 2.62 bits per heavy atom. The monoisotopic (exact) mass is 187 g/mol. The van der Waals surface area contributed by atoms with Gasteiger partial charge in [-0.2, -0.15) is 0 Å². The first-order chi connectivity index (χ1) is 6.07. The van der Waals surface area contributed by atoms with Crippen LogP contribution in [0.15, 0.2) is 12.1 Å². The number of nitro benzene ring substituents is 1. The molecule has 5 nitrogen and oxygen atoms in total. The molecule has 0 unspecified atom stereocenters. The quantitative estimate of drug-likeness (QED) is 0.532. The highest BCUT2D eigenvalue weighted by Crippen LogP contribution is 2.31. The van der Waals surface area contributed by atoms with Crippen molar-refractivity contribution in [3.8, 4) is 5.75 Å². The number of rotatable bonds is 2. The van der Waals surface area contributed by atoms with Gasteiger partial charge in [0.05, 0.1) is 17.1 Å². The summed E-state index contributed by atoms with van der Waals surface area (Å²) in [5, 5.41) is 27.9. The Bertz CT molecular complexity index is 353. The Kier molecular flexibility index (Phi) is 2.43. The summed E-state index contributed by atoms with van der Waals surface area (Å²) in [6.45, 7) is -0.778. The number of aliphatic hydroxyl groups is 1. The highest BCUT2D eigenvalue weighted by atomic mass is 19.1. The molecule has 1 aromatic carbocycles. The van der Waals surface area contributed by atoms with Crippen molar-refractivity contribution in [2.45, 2.75) is 6.61 Å². The molecular weight excluding hydrogens is 181 g/mol. The van der Waals surface area contributed by atoms with E-state index in [2.05, 4.69) is 0 Å². The third-order valence-corrected chi connectivity index (χ3v) is 1.56. The van der Waals surface area contributed by atoms with E-state index in [-0.39, 0.29) is 0 Å². The smallest absolute Gasteiger partial charge is 0.311 e. The molecule has 0 aliphatic rings. The van der Waals surface area contributed by atoms with E-state index in [1.807, 2.05) is 0 Å². The molecule has 0 bridgehead atoms. The zero-order chi connectivity index (χ0) is 10.0. The van der Waals surface area contributed by atoms with Gasteiger partial charge in [0.1, 0.15) is 5.82 Å². The zero-order valence-electron chi connectivity index (χ0n) is 6.40. The van der Waals surface area contributed by atoms with Crippen LogP contribution in [0, 0.1) is 15.9 Å². The lowest BCUT2D eigenvalue weighted by Gasteiger charge is -2.02. The molecule has 6 heteroatoms. The molecule has 0 atom stereocenters. The summed E-state index contributed by atoms with van der Waals surface area (Å²) in [7, 11) is 0. The number of nitro groups is 1. The lowest BCUT2D eigenvalue weighted by Crippen LogP contribution is -1.95. The van der Waals surface area contributed by atoms with Crippen LogP contribution in [0.2, 0.25) is 0 Å². The van der Waals surface area contributed by atoms with E-state index in [4.69, 9.17) is 10.2 Å². The van der Waals surface area contributed by atoms with Crippen molar-refractivity contribution in [2.75, 3.05) is 0 Å². The first-order valence-electron chi connectivity index (χ1n) is 3.33. The second-order valence-electron chi connectivity index (χ2n) is 2.31. The minimum absolute atomic E-state index is 0.464. The van der Waals surface area contributed by atoms with Crippen LogP contribution in [0.4, 0.5) is 10.1 Å². The number of hydrogen-bond acceptors (Lipinski definition) is 4. The van der Waals surface area contributed by atoms with Gasteiger partial charge in [0.15, 0.2) is 0 Å². The maximum atomic E-state index is 12.8. The number of nitrogens with zero attached hydrogens (tertiary/aromatic N) is 1. The van der Waals surface area contributed by atoms with Crippen LogP contribution < -0.4 is 0 Å². The molecule has 2 N–H and O–H groups in total. The molecule has 0 saturated carbocycles. The topological polar surface area (TPSA) is 83.6 Å². The molecule has 1 rings (SSSR count). The Morgan fingerprint density at radius 2 is 2.15 bits per heavy atom. The predicted octanol–water partition coefficient (Wildman–Crippen LogP) is 0.932. The SMILES string of the molecule is O=[N+]([O-])c1ccc(F)c(CO)c1O. The van der Waals surface area contributed by atoms with Crippen LogP contribution in [0.25, 0.3) is 0 Å². The molecule has 13 heavy (non-hydrogen) atoms. The zero-order valence-corrected chi connectivity index (χ0v) is 6.40. The van der Waals surface area contributed by atoms with Crippen LogP contribution in [-0.4, -0.2) is 15.1 Å². The summed E-state index contributed by atoms with van der Waals surface area (Å²) in [4.78, 5) is 9.39. The largest absolute Gasteiger partial charge is 0.502 e. The molecular formula is C7H6FNO4. The molecule has 0 aliphatic heterocycles. The molecule has 0 saturated heterocycles. The first kappa shape index (κ1) is 9.40. The molecule has 0 amide bonds. The molecule has 0 heterocycles. The van der Waals surface area contributed by atoms with Gasteiger partial charge in [-0.05, 0) is 6.07 Å². The van der Waals surface area contributed by atoms with Gasteiger partial charge in [0.2, 0.25) is 5.75 Å². The van der Waals surface area contributed by atoms with Gasteiger partial charge in [-0.1, -0.05) is 0 Å². The standard InChI is InChI=1S/C7H6FNO4/c8-5-1-2-6(9(12)13)7(11)4(5)3-10/h1-2,10-11H,3H2. The maximum absolute atomic E-state index is 12.8. The second-order valence-corrected chi connectivity index (χ2v) is 2.31. The predicted molar refractivity (Wildman–Crippen MR) is 40.6 cm³/mol. The third-order valence-electron chi connectivity index (χ3n) is 1.56. The third kappa shape index (κ3) is 1.57. The Morgan fingerprint density at radius 1 is 1.54 bits per heavy atom. The summed E-state index contributed by atoms with van der Waals surface area (Å²) >= 11 is 0. The van der Waals surface area contributed by atoms with Gasteiger partial charge in [-0.15, -0.1) is 0 Å². The van der Waals surface area contributed by atoms with E-state index >= 15 is 0 Å². The first-order valence-corrected chi connectivity index (χ1v) is 3.33. The number of hydrogen-bond donors (Lipinski definition) is 2. The lowest BCUT2D eigenvalue weighted by molar-refractivity contribution is -0.386. The van der Waals surface area contributed by atoms with Crippen molar-refractivity contribution in [3.05, 3.63) is 33.6 Å². The average molecular weight is 187 g/mol. The van der Waals surface area contributed by atoms with E-state index in [0.717, 1.165) is 12.1 Å². The van der Waals surface area contributed by atoms with Gasteiger partial charge in [0, 0.05) is 6.07 Å². The lowest BCUT2D eigenvalue weighted by atomic mass is 10.1. The van der Waals surface area contributed by atoms with Crippen molar-refractivity contribution in [1.29, 1.82) is 0 Å². The number of phenols is 1. The molecule has 0 aromatic heterocycles. The average Bonchev–Trinajstić information content (AvgIpc) is 2.04. The molecule has 0 radical (unpaired) electrons. The molecule has 1 aromatic rings. The van der Waals surface area contributed by atoms with Crippen LogP contribution in [0.1, 0.15) is 5.56 Å². The van der Waals surface area contributed by atoms with E-state index < -0.39 is 34.3 Å². The van der Waals surface area contributed by atoms with E-state index in [9.17, 15) is 14.5 Å². The van der Waals surface area contributed by atoms with Crippen molar-refractivity contribution in [2.24, 2.45) is 0 Å². The van der Waals surface area contributed by atoms with Gasteiger partial charge in [-0.25, -0.2) is 4.39 Å². The van der Waals surface area contributed by atoms with Crippen molar-refractivity contribution < 1.29 is 19.5 Å². The van der Waals surface area contributed by atoms with Crippen LogP contribution in [-0.2, 0) is 6.61 Å². The van der Waals surface area contributed by atoms with Crippen molar-refractivity contribution in [1.82, 2.24) is 0 Å². The molecule has 0 fully saturated rings. The summed E-state index contributed by atoms with van der Waals surface area (Å²) in [5.41, 5.74) is -1.08. The van der Waals surface area contributed by atoms with Gasteiger partial charge in [-0.3, -0.25) is 10.1 Å². The summed E-state index contributed by atoms with van der Waals surface area (Å²) in [6.07, 6.45) is 0. The van der Waals surface area contributed by atoms with Crippen LogP contribution in [0.3, 0.4) is 0 Å². The molecule has 0 aliphatic carbocycles.